The van der Waals surface area contributed by atoms with Crippen molar-refractivity contribution in [2.75, 3.05) is 0 Å². The van der Waals surface area contributed by atoms with Gasteiger partial charge in [0.15, 0.2) is 5.82 Å². The third-order valence-corrected chi connectivity index (χ3v) is 6.11. The molecule has 1 N–H and O–H groups in total. The molecule has 0 bridgehead atoms. The molecule has 7 nitrogen and oxygen atoms in total. The smallest absolute Gasteiger partial charge is 0.205 e. The summed E-state index contributed by atoms with van der Waals surface area (Å²) < 4.78 is 2.06. The zero-order valence-corrected chi connectivity index (χ0v) is 19.4. The Balaban J connectivity index is 1.40. The molecule has 0 aliphatic carbocycles. The van der Waals surface area contributed by atoms with Gasteiger partial charge in [0, 0.05) is 17.9 Å². The number of hydrogen-bond donors (Lipinski definition) is 1. The highest BCUT2D eigenvalue weighted by Gasteiger charge is 2.16. The predicted molar refractivity (Wildman–Crippen MR) is 132 cm³/mol. The van der Waals surface area contributed by atoms with E-state index in [0.29, 0.717) is 18.3 Å². The fourth-order valence-electron chi connectivity index (χ4n) is 4.09. The lowest BCUT2D eigenvalue weighted by molar-refractivity contribution is 0.575. The highest BCUT2D eigenvalue weighted by atomic mass is 15.5. The number of tetrazole rings is 1. The Labute approximate surface area is 198 Å². The molecule has 3 aromatic carbocycles. The Morgan fingerprint density at radius 3 is 2.29 bits per heavy atom. The largest absolute Gasteiger partial charge is 0.245 e. The monoisotopic (exact) mass is 449 g/mol. The summed E-state index contributed by atoms with van der Waals surface area (Å²) in [7, 11) is 0. The third kappa shape index (κ3) is 4.64. The van der Waals surface area contributed by atoms with Crippen LogP contribution in [0.15, 0.2) is 78.9 Å². The van der Waals surface area contributed by atoms with Crippen molar-refractivity contribution in [3.63, 3.8) is 0 Å². The van der Waals surface area contributed by atoms with Gasteiger partial charge in [-0.05, 0) is 33.9 Å². The summed E-state index contributed by atoms with van der Waals surface area (Å²) in [4.78, 5) is 4.91. The maximum absolute atomic E-state index is 4.91. The SMILES string of the molecule is CCC(C)c1nc(Cc2ccccc2)nn1Cc1ccc(-c2ccccc2-c2nn[nH]n2)cc1. The standard InChI is InChI=1S/C27H27N7/c1-3-19(2)27-28-25(17-20-9-5-4-6-10-20)31-34(27)18-21-13-15-22(16-14-21)23-11-7-8-12-24(23)26-29-32-33-30-26/h4-16,19H,3,17-18H2,1-2H3,(H,29,30,32,33). The topological polar surface area (TPSA) is 85.2 Å². The first-order valence-electron chi connectivity index (χ1n) is 11.6. The van der Waals surface area contributed by atoms with Gasteiger partial charge < -0.3 is 0 Å². The van der Waals surface area contributed by atoms with Crippen LogP contribution in [0.3, 0.4) is 0 Å². The average molecular weight is 450 g/mol. The first kappa shape index (κ1) is 21.7. The quantitative estimate of drug-likeness (QED) is 0.348. The first-order chi connectivity index (χ1) is 16.7. The van der Waals surface area contributed by atoms with Gasteiger partial charge in [-0.15, -0.1) is 10.2 Å². The molecule has 0 radical (unpaired) electrons. The highest BCUT2D eigenvalue weighted by molar-refractivity contribution is 5.80. The minimum absolute atomic E-state index is 0.345. The second-order valence-electron chi connectivity index (χ2n) is 8.49. The summed E-state index contributed by atoms with van der Waals surface area (Å²) in [5, 5.41) is 19.4. The molecule has 0 amide bonds. The van der Waals surface area contributed by atoms with Crippen molar-refractivity contribution in [3.8, 4) is 22.5 Å². The first-order valence-corrected chi connectivity index (χ1v) is 11.6. The van der Waals surface area contributed by atoms with Gasteiger partial charge in [0.1, 0.15) is 5.82 Å². The van der Waals surface area contributed by atoms with Crippen LogP contribution in [0.5, 0.6) is 0 Å². The van der Waals surface area contributed by atoms with Gasteiger partial charge in [-0.3, -0.25) is 0 Å². The molecular formula is C27H27N7. The highest BCUT2D eigenvalue weighted by Crippen LogP contribution is 2.30. The van der Waals surface area contributed by atoms with E-state index in [2.05, 4.69) is 93.8 Å². The van der Waals surface area contributed by atoms with Gasteiger partial charge in [-0.25, -0.2) is 9.67 Å². The Morgan fingerprint density at radius 1 is 0.853 bits per heavy atom. The Bertz CT molecular complexity index is 1340. The second kappa shape index (κ2) is 9.79. The summed E-state index contributed by atoms with van der Waals surface area (Å²) in [5.41, 5.74) is 5.53. The minimum atomic E-state index is 0.345. The van der Waals surface area contributed by atoms with E-state index in [1.54, 1.807) is 0 Å². The minimum Gasteiger partial charge on any atom is -0.245 e. The summed E-state index contributed by atoms with van der Waals surface area (Å²) >= 11 is 0. The van der Waals surface area contributed by atoms with Crippen LogP contribution in [0, 0.1) is 0 Å². The zero-order chi connectivity index (χ0) is 23.3. The van der Waals surface area contributed by atoms with E-state index in [-0.39, 0.29) is 0 Å². The molecule has 2 heterocycles. The number of H-pyrrole nitrogens is 1. The van der Waals surface area contributed by atoms with E-state index >= 15 is 0 Å². The van der Waals surface area contributed by atoms with E-state index in [1.807, 2.05) is 24.3 Å². The Kier molecular flexibility index (Phi) is 6.25. The molecule has 1 unspecified atom stereocenters. The van der Waals surface area contributed by atoms with Crippen LogP contribution in [0.1, 0.15) is 49.0 Å². The van der Waals surface area contributed by atoms with Crippen LogP contribution in [0.2, 0.25) is 0 Å². The zero-order valence-electron chi connectivity index (χ0n) is 19.4. The van der Waals surface area contributed by atoms with Crippen LogP contribution in [0.4, 0.5) is 0 Å². The Hall–Kier alpha value is -4.13. The molecule has 0 fully saturated rings. The van der Waals surface area contributed by atoms with Gasteiger partial charge in [-0.1, -0.05) is 92.7 Å². The molecule has 5 rings (SSSR count). The number of benzene rings is 3. The predicted octanol–water partition coefficient (Wildman–Crippen LogP) is 5.28. The van der Waals surface area contributed by atoms with Crippen molar-refractivity contribution in [2.45, 2.75) is 39.2 Å². The summed E-state index contributed by atoms with van der Waals surface area (Å²) in [5.74, 6) is 2.84. The normalized spacial score (nSPS) is 12.1. The van der Waals surface area contributed by atoms with Crippen molar-refractivity contribution < 1.29 is 0 Å². The van der Waals surface area contributed by atoms with Crippen molar-refractivity contribution in [1.29, 1.82) is 0 Å². The number of hydrogen-bond acceptors (Lipinski definition) is 5. The maximum atomic E-state index is 4.91. The summed E-state index contributed by atoms with van der Waals surface area (Å²) in [6.07, 6.45) is 1.76. The van der Waals surface area contributed by atoms with Gasteiger partial charge in [0.05, 0.1) is 6.54 Å². The molecule has 0 saturated carbocycles. The Morgan fingerprint density at radius 2 is 1.59 bits per heavy atom. The molecule has 34 heavy (non-hydrogen) atoms. The van der Waals surface area contributed by atoms with Gasteiger partial charge >= 0.3 is 0 Å². The van der Waals surface area contributed by atoms with Crippen LogP contribution in [-0.4, -0.2) is 35.4 Å². The lowest BCUT2D eigenvalue weighted by Crippen LogP contribution is -2.09. The fourth-order valence-corrected chi connectivity index (χ4v) is 4.09. The fraction of sp³-hybridized carbons (Fsp3) is 0.222. The molecule has 0 aliphatic heterocycles. The molecule has 0 saturated heterocycles. The summed E-state index contributed by atoms with van der Waals surface area (Å²) in [6.45, 7) is 5.09. The molecule has 0 spiro atoms. The van der Waals surface area contributed by atoms with Gasteiger partial charge in [0.2, 0.25) is 5.82 Å². The molecule has 7 heteroatoms. The van der Waals surface area contributed by atoms with E-state index in [9.17, 15) is 0 Å². The van der Waals surface area contributed by atoms with Gasteiger partial charge in [0.25, 0.3) is 0 Å². The number of aromatic nitrogens is 7. The molecule has 1 atom stereocenters. The maximum Gasteiger partial charge on any atom is 0.205 e. The van der Waals surface area contributed by atoms with Crippen molar-refractivity contribution in [2.24, 2.45) is 0 Å². The molecule has 170 valence electrons. The second-order valence-corrected chi connectivity index (χ2v) is 8.49. The van der Waals surface area contributed by atoms with E-state index in [4.69, 9.17) is 10.1 Å². The van der Waals surface area contributed by atoms with Crippen molar-refractivity contribution in [1.82, 2.24) is 35.4 Å². The molecule has 2 aromatic heterocycles. The number of rotatable bonds is 8. The van der Waals surface area contributed by atoms with E-state index < -0.39 is 0 Å². The van der Waals surface area contributed by atoms with Crippen molar-refractivity contribution in [3.05, 3.63) is 102 Å². The number of nitrogens with one attached hydrogen (secondary N) is 1. The van der Waals surface area contributed by atoms with Crippen LogP contribution < -0.4 is 0 Å². The number of nitrogens with zero attached hydrogens (tertiary/aromatic N) is 6. The molecule has 0 aliphatic rings. The third-order valence-electron chi connectivity index (χ3n) is 6.11. The van der Waals surface area contributed by atoms with Crippen LogP contribution in [-0.2, 0) is 13.0 Å². The lowest BCUT2D eigenvalue weighted by Gasteiger charge is -2.11. The summed E-state index contributed by atoms with van der Waals surface area (Å²) in [6, 6.07) is 27.1. The van der Waals surface area contributed by atoms with Crippen molar-refractivity contribution >= 4 is 0 Å². The van der Waals surface area contributed by atoms with Gasteiger partial charge in [-0.2, -0.15) is 10.3 Å². The lowest BCUT2D eigenvalue weighted by atomic mass is 9.98. The number of aromatic amines is 1. The van der Waals surface area contributed by atoms with Crippen LogP contribution in [0.25, 0.3) is 22.5 Å². The molecular weight excluding hydrogens is 422 g/mol. The average Bonchev–Trinajstić information content (AvgIpc) is 3.55. The van der Waals surface area contributed by atoms with E-state index in [1.165, 1.54) is 11.1 Å². The van der Waals surface area contributed by atoms with E-state index in [0.717, 1.165) is 41.2 Å². The molecule has 5 aromatic rings. The van der Waals surface area contributed by atoms with Crippen LogP contribution >= 0.6 is 0 Å².